The Labute approximate surface area is 159 Å². The van der Waals surface area contributed by atoms with Gasteiger partial charge in [0.05, 0.1) is 22.6 Å². The van der Waals surface area contributed by atoms with Crippen LogP contribution in [0.25, 0.3) is 11.4 Å². The number of tetrazole rings is 1. The zero-order valence-corrected chi connectivity index (χ0v) is 15.3. The van der Waals surface area contributed by atoms with Crippen molar-refractivity contribution in [2.45, 2.75) is 6.92 Å². The lowest BCUT2D eigenvalue weighted by Crippen LogP contribution is -2.23. The minimum Gasteiger partial charge on any atom is -0.316 e. The lowest BCUT2D eigenvalue weighted by molar-refractivity contribution is 0.102. The third-order valence-electron chi connectivity index (χ3n) is 4.54. The number of hydrogen-bond donors (Lipinski definition) is 1. The van der Waals surface area contributed by atoms with Gasteiger partial charge in [0.1, 0.15) is 12.0 Å². The number of para-hydroxylation sites is 2. The first-order valence-electron chi connectivity index (χ1n) is 8.55. The van der Waals surface area contributed by atoms with Gasteiger partial charge in [0, 0.05) is 7.05 Å². The number of carbonyl (C=O) groups is 1. The molecule has 0 radical (unpaired) electrons. The van der Waals surface area contributed by atoms with Crippen molar-refractivity contribution >= 4 is 11.6 Å². The van der Waals surface area contributed by atoms with E-state index in [4.69, 9.17) is 0 Å². The second-order valence-electron chi connectivity index (χ2n) is 6.16. The summed E-state index contributed by atoms with van der Waals surface area (Å²) in [6.45, 7) is 1.78. The van der Waals surface area contributed by atoms with Crippen molar-refractivity contribution in [2.75, 3.05) is 5.32 Å². The van der Waals surface area contributed by atoms with Gasteiger partial charge in [0.15, 0.2) is 0 Å². The summed E-state index contributed by atoms with van der Waals surface area (Å²) in [4.78, 5) is 25.9. The molecule has 0 unspecified atom stereocenters. The highest BCUT2D eigenvalue weighted by Gasteiger charge is 2.20. The number of hydrogen-bond acceptors (Lipinski definition) is 5. The Bertz CT molecular complexity index is 1190. The Morgan fingerprint density at radius 1 is 1.04 bits per heavy atom. The monoisotopic (exact) mass is 375 g/mol. The maximum atomic E-state index is 13.0. The van der Waals surface area contributed by atoms with Gasteiger partial charge >= 0.3 is 0 Å². The lowest BCUT2D eigenvalue weighted by Gasteiger charge is -2.08. The molecule has 0 saturated carbocycles. The lowest BCUT2D eigenvalue weighted by atomic mass is 10.1. The number of amides is 1. The molecule has 140 valence electrons. The summed E-state index contributed by atoms with van der Waals surface area (Å²) in [7, 11) is 1.77. The van der Waals surface area contributed by atoms with Crippen LogP contribution in [0.3, 0.4) is 0 Å². The number of carbonyl (C=O) groups excluding carboxylic acids is 1. The zero-order chi connectivity index (χ0) is 19.7. The zero-order valence-electron chi connectivity index (χ0n) is 15.3. The highest BCUT2D eigenvalue weighted by molar-refractivity contribution is 6.06. The molecule has 0 bridgehead atoms. The molecular formula is C19H17N7O2. The van der Waals surface area contributed by atoms with Gasteiger partial charge in [0.25, 0.3) is 11.5 Å². The number of rotatable bonds is 4. The van der Waals surface area contributed by atoms with E-state index in [1.807, 2.05) is 30.3 Å². The van der Waals surface area contributed by atoms with Gasteiger partial charge in [-0.05, 0) is 41.6 Å². The summed E-state index contributed by atoms with van der Waals surface area (Å²) in [5, 5.41) is 13.8. The second kappa shape index (κ2) is 6.95. The van der Waals surface area contributed by atoms with Gasteiger partial charge < -0.3 is 5.32 Å². The van der Waals surface area contributed by atoms with E-state index in [1.54, 1.807) is 42.9 Å². The average molecular weight is 375 g/mol. The van der Waals surface area contributed by atoms with Gasteiger partial charge in [-0.25, -0.2) is 4.68 Å². The summed E-state index contributed by atoms with van der Waals surface area (Å²) in [6.07, 6.45) is 1.41. The van der Waals surface area contributed by atoms with E-state index in [-0.39, 0.29) is 11.2 Å². The quantitative estimate of drug-likeness (QED) is 0.585. The molecule has 9 heteroatoms. The van der Waals surface area contributed by atoms with Crippen LogP contribution in [-0.4, -0.2) is 35.5 Å². The predicted octanol–water partition coefficient (Wildman–Crippen LogP) is 1.71. The van der Waals surface area contributed by atoms with Crippen molar-refractivity contribution in [3.63, 3.8) is 0 Å². The van der Waals surface area contributed by atoms with E-state index >= 15 is 0 Å². The Morgan fingerprint density at radius 3 is 2.46 bits per heavy atom. The highest BCUT2D eigenvalue weighted by atomic mass is 16.2. The van der Waals surface area contributed by atoms with Crippen molar-refractivity contribution in [2.24, 2.45) is 7.05 Å². The molecule has 0 fully saturated rings. The Hall–Kier alpha value is -4.01. The van der Waals surface area contributed by atoms with E-state index in [9.17, 15) is 9.59 Å². The van der Waals surface area contributed by atoms with Gasteiger partial charge in [-0.2, -0.15) is 4.68 Å². The number of nitrogens with zero attached hydrogens (tertiary/aromatic N) is 6. The van der Waals surface area contributed by atoms with Crippen molar-refractivity contribution < 1.29 is 4.79 Å². The number of nitrogens with one attached hydrogen (secondary N) is 1. The maximum absolute atomic E-state index is 13.0. The van der Waals surface area contributed by atoms with E-state index < -0.39 is 5.91 Å². The van der Waals surface area contributed by atoms with Gasteiger partial charge in [0.2, 0.25) is 0 Å². The van der Waals surface area contributed by atoms with Crippen LogP contribution in [0.15, 0.2) is 65.7 Å². The number of aromatic nitrogens is 6. The van der Waals surface area contributed by atoms with Gasteiger partial charge in [-0.15, -0.1) is 5.10 Å². The highest BCUT2D eigenvalue weighted by Crippen LogP contribution is 2.18. The van der Waals surface area contributed by atoms with E-state index in [0.29, 0.717) is 22.6 Å². The summed E-state index contributed by atoms with van der Waals surface area (Å²) in [5.74, 6) is -0.419. The fraction of sp³-hybridized carbons (Fsp3) is 0.105. The topological polar surface area (TPSA) is 99.6 Å². The van der Waals surface area contributed by atoms with Gasteiger partial charge in [-0.3, -0.25) is 14.3 Å². The van der Waals surface area contributed by atoms with E-state index in [1.165, 1.54) is 15.7 Å². The molecule has 4 aromatic rings. The second-order valence-corrected chi connectivity index (χ2v) is 6.16. The molecule has 1 amide bonds. The summed E-state index contributed by atoms with van der Waals surface area (Å²) in [5.41, 5.74) is 2.14. The molecule has 0 atom stereocenters. The SMILES string of the molecule is Cc1c(NC(=O)c2ccccc2-n2cnnn2)c(=O)n(-c2ccccc2)n1C. The van der Waals surface area contributed by atoms with Crippen LogP contribution in [0, 0.1) is 6.92 Å². The molecule has 0 aliphatic rings. The van der Waals surface area contributed by atoms with Crippen LogP contribution in [0.2, 0.25) is 0 Å². The molecule has 4 rings (SSSR count). The largest absolute Gasteiger partial charge is 0.316 e. The summed E-state index contributed by atoms with van der Waals surface area (Å²) in [6, 6.07) is 16.1. The van der Waals surface area contributed by atoms with Crippen LogP contribution >= 0.6 is 0 Å². The first-order chi connectivity index (χ1) is 13.6. The molecule has 2 aromatic carbocycles. The molecule has 0 saturated heterocycles. The van der Waals surface area contributed by atoms with Crippen LogP contribution < -0.4 is 10.9 Å². The van der Waals surface area contributed by atoms with Crippen molar-refractivity contribution in [1.82, 2.24) is 29.6 Å². The smallest absolute Gasteiger partial charge is 0.295 e. The maximum Gasteiger partial charge on any atom is 0.295 e. The minimum absolute atomic E-state index is 0.225. The number of benzene rings is 2. The van der Waals surface area contributed by atoms with Crippen LogP contribution in [-0.2, 0) is 7.05 Å². The molecule has 9 nitrogen and oxygen atoms in total. The molecular weight excluding hydrogens is 358 g/mol. The molecule has 0 aliphatic carbocycles. The molecule has 1 N–H and O–H groups in total. The average Bonchev–Trinajstić information content (AvgIpc) is 3.32. The third-order valence-corrected chi connectivity index (χ3v) is 4.54. The predicted molar refractivity (Wildman–Crippen MR) is 103 cm³/mol. The molecule has 0 spiro atoms. The van der Waals surface area contributed by atoms with Crippen molar-refractivity contribution in [3.05, 3.63) is 82.5 Å². The van der Waals surface area contributed by atoms with Crippen molar-refractivity contribution in [1.29, 1.82) is 0 Å². The van der Waals surface area contributed by atoms with Gasteiger partial charge in [-0.1, -0.05) is 30.3 Å². The van der Waals surface area contributed by atoms with Crippen LogP contribution in [0.5, 0.6) is 0 Å². The molecule has 2 aromatic heterocycles. The Balaban J connectivity index is 1.74. The van der Waals surface area contributed by atoms with E-state index in [0.717, 1.165) is 0 Å². The first-order valence-corrected chi connectivity index (χ1v) is 8.55. The van der Waals surface area contributed by atoms with E-state index in [2.05, 4.69) is 20.8 Å². The molecule has 0 aliphatic heterocycles. The Morgan fingerprint density at radius 2 is 1.75 bits per heavy atom. The fourth-order valence-electron chi connectivity index (χ4n) is 3.03. The summed E-state index contributed by atoms with van der Waals surface area (Å²) < 4.78 is 4.62. The van der Waals surface area contributed by atoms with Crippen molar-refractivity contribution in [3.8, 4) is 11.4 Å². The normalized spacial score (nSPS) is 10.8. The first kappa shape index (κ1) is 17.4. The standard InChI is InChI=1S/C19H17N7O2/c1-13-17(19(28)26(24(13)2)14-8-4-3-5-9-14)21-18(27)15-10-6-7-11-16(15)25-12-20-22-23-25/h3-12H,1-2H3,(H,21,27). The summed E-state index contributed by atoms with van der Waals surface area (Å²) >= 11 is 0. The van der Waals surface area contributed by atoms with Crippen LogP contribution in [0.1, 0.15) is 16.1 Å². The molecule has 2 heterocycles. The minimum atomic E-state index is -0.419. The fourth-order valence-corrected chi connectivity index (χ4v) is 3.03. The molecule has 28 heavy (non-hydrogen) atoms. The number of anilines is 1. The van der Waals surface area contributed by atoms with Crippen LogP contribution in [0.4, 0.5) is 5.69 Å². The third kappa shape index (κ3) is 2.88. The Kier molecular flexibility index (Phi) is 4.32.